The van der Waals surface area contributed by atoms with E-state index in [0.29, 0.717) is 18.5 Å². The number of fused-ring (bicyclic) bond motifs is 2. The molecule has 2 aliphatic heterocycles. The van der Waals surface area contributed by atoms with Crippen molar-refractivity contribution >= 4 is 5.97 Å². The van der Waals surface area contributed by atoms with Gasteiger partial charge in [-0.1, -0.05) is 42.5 Å². The quantitative estimate of drug-likeness (QED) is 0.706. The highest BCUT2D eigenvalue weighted by Gasteiger charge is 2.40. The summed E-state index contributed by atoms with van der Waals surface area (Å²) in [5.74, 6) is 0.437. The topological polar surface area (TPSA) is 38.8 Å². The maximum absolute atomic E-state index is 13.2. The molecule has 4 nitrogen and oxygen atoms in total. The Balaban J connectivity index is 1.49. The van der Waals surface area contributed by atoms with Crippen molar-refractivity contribution in [3.63, 3.8) is 0 Å². The highest BCUT2D eigenvalue weighted by atomic mass is 16.5. The number of carbonyl (C=O) groups excluding carboxylic acids is 1. The first kappa shape index (κ1) is 19.0. The predicted octanol–water partition coefficient (Wildman–Crippen LogP) is 4.19. The number of carbonyl (C=O) groups is 1. The van der Waals surface area contributed by atoms with Gasteiger partial charge in [0.2, 0.25) is 0 Å². The molecule has 0 radical (unpaired) electrons. The lowest BCUT2D eigenvalue weighted by Crippen LogP contribution is -2.43. The number of piperidine rings is 1. The van der Waals surface area contributed by atoms with Crippen LogP contribution in [0.3, 0.4) is 0 Å². The minimum absolute atomic E-state index is 0.0447. The van der Waals surface area contributed by atoms with Gasteiger partial charge in [0.1, 0.15) is 11.9 Å². The molecule has 2 fully saturated rings. The van der Waals surface area contributed by atoms with Crippen LogP contribution in [-0.2, 0) is 16.0 Å². The van der Waals surface area contributed by atoms with E-state index in [4.69, 9.17) is 9.47 Å². The van der Waals surface area contributed by atoms with Gasteiger partial charge in [-0.25, -0.2) is 0 Å². The summed E-state index contributed by atoms with van der Waals surface area (Å²) >= 11 is 0. The van der Waals surface area contributed by atoms with Crippen LogP contribution in [0.1, 0.15) is 42.7 Å². The highest BCUT2D eigenvalue weighted by Crippen LogP contribution is 2.36. The molecule has 4 rings (SSSR count). The Labute approximate surface area is 167 Å². The van der Waals surface area contributed by atoms with Crippen molar-refractivity contribution in [3.8, 4) is 5.75 Å². The zero-order valence-electron chi connectivity index (χ0n) is 16.7. The van der Waals surface area contributed by atoms with E-state index in [-0.39, 0.29) is 18.0 Å². The number of benzene rings is 2. The third kappa shape index (κ3) is 4.07. The summed E-state index contributed by atoms with van der Waals surface area (Å²) in [4.78, 5) is 15.7. The largest absolute Gasteiger partial charge is 0.497 e. The van der Waals surface area contributed by atoms with Gasteiger partial charge in [-0.3, -0.25) is 4.79 Å². The van der Waals surface area contributed by atoms with Crippen LogP contribution < -0.4 is 4.74 Å². The van der Waals surface area contributed by atoms with Crippen LogP contribution in [0.2, 0.25) is 0 Å². The first-order chi connectivity index (χ1) is 13.6. The van der Waals surface area contributed by atoms with Crippen molar-refractivity contribution in [2.24, 2.45) is 0 Å². The van der Waals surface area contributed by atoms with Gasteiger partial charge in [-0.05, 0) is 62.4 Å². The highest BCUT2D eigenvalue weighted by molar-refractivity contribution is 5.78. The van der Waals surface area contributed by atoms with Gasteiger partial charge >= 0.3 is 5.97 Å². The molecule has 4 atom stereocenters. The van der Waals surface area contributed by atoms with Gasteiger partial charge in [-0.15, -0.1) is 0 Å². The van der Waals surface area contributed by atoms with E-state index >= 15 is 0 Å². The van der Waals surface area contributed by atoms with Crippen LogP contribution in [-0.4, -0.2) is 43.2 Å². The fraction of sp³-hybridized carbons (Fsp3) is 0.458. The average molecular weight is 380 g/mol. The smallest absolute Gasteiger partial charge is 0.314 e. The second kappa shape index (κ2) is 8.36. The summed E-state index contributed by atoms with van der Waals surface area (Å²) in [7, 11) is 3.87. The SMILES string of the molecule is COc1ccc(CC(C(=O)OC2C[C@H]3CC[C@@H](C2)N3C)c2ccccc2)cc1. The monoisotopic (exact) mass is 379 g/mol. The molecule has 2 unspecified atom stereocenters. The summed E-state index contributed by atoms with van der Waals surface area (Å²) in [6.07, 6.45) is 5.05. The van der Waals surface area contributed by atoms with E-state index in [9.17, 15) is 4.79 Å². The van der Waals surface area contributed by atoms with Gasteiger partial charge < -0.3 is 14.4 Å². The van der Waals surface area contributed by atoms with Gasteiger partial charge in [0.15, 0.2) is 0 Å². The third-order valence-corrected chi connectivity index (χ3v) is 6.42. The van der Waals surface area contributed by atoms with Gasteiger partial charge in [0.05, 0.1) is 13.0 Å². The number of nitrogens with zero attached hydrogens (tertiary/aromatic N) is 1. The molecule has 0 aliphatic carbocycles. The lowest BCUT2D eigenvalue weighted by molar-refractivity contribution is -0.154. The Morgan fingerprint density at radius 2 is 1.68 bits per heavy atom. The van der Waals surface area contributed by atoms with Crippen LogP contribution >= 0.6 is 0 Å². The minimum atomic E-state index is -0.285. The molecular formula is C24H29NO3. The summed E-state index contributed by atoms with van der Waals surface area (Å²) in [5.41, 5.74) is 2.12. The minimum Gasteiger partial charge on any atom is -0.497 e. The first-order valence-corrected chi connectivity index (χ1v) is 10.2. The van der Waals surface area contributed by atoms with Crippen molar-refractivity contribution in [3.05, 3.63) is 65.7 Å². The zero-order chi connectivity index (χ0) is 19.5. The summed E-state index contributed by atoms with van der Waals surface area (Å²) in [5, 5.41) is 0. The summed E-state index contributed by atoms with van der Waals surface area (Å²) in [6.45, 7) is 0. The standard InChI is InChI=1S/C24H29NO3/c1-25-19-10-11-20(25)16-22(15-19)28-24(26)23(18-6-4-3-5-7-18)14-17-8-12-21(27-2)13-9-17/h3-9,12-13,19-20,22-23H,10-11,14-16H2,1-2H3/t19-,20+,22?,23?. The van der Waals surface area contributed by atoms with Crippen LogP contribution in [0.15, 0.2) is 54.6 Å². The van der Waals surface area contributed by atoms with Gasteiger partial charge in [0, 0.05) is 12.1 Å². The normalized spacial score (nSPS) is 25.3. The molecule has 2 aliphatic rings. The van der Waals surface area contributed by atoms with Gasteiger partial charge in [0.25, 0.3) is 0 Å². The van der Waals surface area contributed by atoms with Crippen LogP contribution in [0, 0.1) is 0 Å². The Morgan fingerprint density at radius 1 is 1.04 bits per heavy atom. The molecule has 2 aromatic carbocycles. The predicted molar refractivity (Wildman–Crippen MR) is 110 cm³/mol. The fourth-order valence-electron chi connectivity index (χ4n) is 4.72. The van der Waals surface area contributed by atoms with Crippen molar-refractivity contribution in [2.75, 3.05) is 14.2 Å². The molecule has 0 aromatic heterocycles. The molecule has 2 bridgehead atoms. The van der Waals surface area contributed by atoms with Gasteiger partial charge in [-0.2, -0.15) is 0 Å². The zero-order valence-corrected chi connectivity index (χ0v) is 16.7. The molecule has 28 heavy (non-hydrogen) atoms. The average Bonchev–Trinajstić information content (AvgIpc) is 2.93. The van der Waals surface area contributed by atoms with E-state index in [2.05, 4.69) is 11.9 Å². The molecule has 0 N–H and O–H groups in total. The van der Waals surface area contributed by atoms with Crippen molar-refractivity contribution < 1.29 is 14.3 Å². The molecule has 0 amide bonds. The van der Waals surface area contributed by atoms with E-state index in [1.807, 2.05) is 54.6 Å². The number of methoxy groups -OCH3 is 1. The molecule has 148 valence electrons. The Hall–Kier alpha value is -2.33. The van der Waals surface area contributed by atoms with E-state index in [0.717, 1.165) is 29.7 Å². The number of rotatable bonds is 6. The Kier molecular flexibility index (Phi) is 5.67. The second-order valence-electron chi connectivity index (χ2n) is 8.10. The van der Waals surface area contributed by atoms with E-state index < -0.39 is 0 Å². The molecule has 2 saturated heterocycles. The molecule has 0 spiro atoms. The number of ether oxygens (including phenoxy) is 2. The van der Waals surface area contributed by atoms with Crippen LogP contribution in [0.25, 0.3) is 0 Å². The lowest BCUT2D eigenvalue weighted by atomic mass is 9.91. The molecular weight excluding hydrogens is 350 g/mol. The molecule has 2 heterocycles. The molecule has 2 aromatic rings. The lowest BCUT2D eigenvalue weighted by Gasteiger charge is -2.36. The Bertz CT molecular complexity index is 775. The summed E-state index contributed by atoms with van der Waals surface area (Å²) in [6, 6.07) is 19.1. The van der Waals surface area contributed by atoms with Crippen molar-refractivity contribution in [2.45, 2.75) is 56.2 Å². The van der Waals surface area contributed by atoms with E-state index in [1.165, 1.54) is 12.8 Å². The van der Waals surface area contributed by atoms with E-state index in [1.54, 1.807) is 7.11 Å². The maximum Gasteiger partial charge on any atom is 0.314 e. The van der Waals surface area contributed by atoms with Crippen molar-refractivity contribution in [1.82, 2.24) is 4.90 Å². The number of hydrogen-bond acceptors (Lipinski definition) is 4. The van der Waals surface area contributed by atoms with Crippen molar-refractivity contribution in [1.29, 1.82) is 0 Å². The fourth-order valence-corrected chi connectivity index (χ4v) is 4.72. The number of hydrogen-bond donors (Lipinski definition) is 0. The summed E-state index contributed by atoms with van der Waals surface area (Å²) < 4.78 is 11.3. The number of esters is 1. The van der Waals surface area contributed by atoms with Crippen LogP contribution in [0.5, 0.6) is 5.75 Å². The molecule has 4 heteroatoms. The van der Waals surface area contributed by atoms with Crippen LogP contribution in [0.4, 0.5) is 0 Å². The molecule has 0 saturated carbocycles. The third-order valence-electron chi connectivity index (χ3n) is 6.42. The Morgan fingerprint density at radius 3 is 2.29 bits per heavy atom. The first-order valence-electron chi connectivity index (χ1n) is 10.2. The maximum atomic E-state index is 13.2. The second-order valence-corrected chi connectivity index (χ2v) is 8.10.